The number of hydrogen-bond donors (Lipinski definition) is 6. The summed E-state index contributed by atoms with van der Waals surface area (Å²) in [6.45, 7) is 21.8. The normalized spacial score (nSPS) is 11.2. The standard InChI is InChI=1S/4C6H12O2.2H3O4P/c4*1-6(2,3)5(7)8-4;2*1-5(2,3)4/h4*1-4H3;2*(H3,1,2,3,4). The number of hydrogen-bond acceptors (Lipinski definition) is 10. The van der Waals surface area contributed by atoms with E-state index in [1.54, 1.807) is 0 Å². The molecule has 0 spiro atoms. The maximum Gasteiger partial charge on any atom is 0.466 e. The Hall–Kier alpha value is -1.90. The van der Waals surface area contributed by atoms with Crippen molar-refractivity contribution in [3.63, 3.8) is 0 Å². The van der Waals surface area contributed by atoms with Crippen molar-refractivity contribution >= 4 is 39.5 Å². The van der Waals surface area contributed by atoms with Gasteiger partial charge < -0.3 is 48.3 Å². The molecule has 0 aromatic carbocycles. The highest BCUT2D eigenvalue weighted by molar-refractivity contribution is 7.45. The summed E-state index contributed by atoms with van der Waals surface area (Å²) in [5.41, 5.74) is -1.41. The molecule has 0 bridgehead atoms. The second kappa shape index (κ2) is 22.6. The maximum atomic E-state index is 10.6. The molecule has 0 saturated heterocycles. The van der Waals surface area contributed by atoms with Crippen LogP contribution < -0.4 is 0 Å². The number of methoxy groups -OCH3 is 4. The Morgan fingerprint density at radius 2 is 0.452 bits per heavy atom. The predicted molar refractivity (Wildman–Crippen MR) is 154 cm³/mol. The second-order valence-electron chi connectivity index (χ2n) is 12.0. The Morgan fingerprint density at radius 3 is 0.452 bits per heavy atom. The molecule has 18 heteroatoms. The van der Waals surface area contributed by atoms with Crippen LogP contribution >= 0.6 is 15.6 Å². The fourth-order valence-electron chi connectivity index (χ4n) is 1.22. The Kier molecular flexibility index (Phi) is 28.4. The summed E-state index contributed by atoms with van der Waals surface area (Å²) in [6, 6.07) is 0. The van der Waals surface area contributed by atoms with Crippen LogP contribution in [-0.4, -0.2) is 81.7 Å². The summed E-state index contributed by atoms with van der Waals surface area (Å²) in [6.07, 6.45) is 0. The Morgan fingerprint density at radius 1 is 0.381 bits per heavy atom. The monoisotopic (exact) mass is 660 g/mol. The van der Waals surface area contributed by atoms with Gasteiger partial charge in [-0.05, 0) is 83.1 Å². The van der Waals surface area contributed by atoms with Gasteiger partial charge in [-0.25, -0.2) is 9.13 Å². The van der Waals surface area contributed by atoms with Crippen LogP contribution in [0.25, 0.3) is 0 Å². The molecule has 0 aliphatic rings. The number of carbonyl (C=O) groups is 4. The molecule has 0 aromatic rings. The molecule has 42 heavy (non-hydrogen) atoms. The number of rotatable bonds is 0. The van der Waals surface area contributed by atoms with Crippen LogP contribution in [0.4, 0.5) is 0 Å². The molecular formula is C24H54O16P2. The minimum Gasteiger partial charge on any atom is -0.469 e. The minimum absolute atomic E-state index is 0.169. The van der Waals surface area contributed by atoms with Crippen LogP contribution in [0.5, 0.6) is 0 Å². The van der Waals surface area contributed by atoms with Gasteiger partial charge in [-0.1, -0.05) is 0 Å². The third-order valence-corrected chi connectivity index (χ3v) is 3.19. The first-order chi connectivity index (χ1) is 17.9. The molecule has 0 aliphatic carbocycles. The molecule has 0 amide bonds. The van der Waals surface area contributed by atoms with Gasteiger partial charge in [0.25, 0.3) is 0 Å². The summed E-state index contributed by atoms with van der Waals surface area (Å²) in [7, 11) is -3.69. The number of esters is 4. The molecule has 0 radical (unpaired) electrons. The van der Waals surface area contributed by atoms with E-state index in [0.29, 0.717) is 0 Å². The minimum atomic E-state index is -4.64. The van der Waals surface area contributed by atoms with Crippen molar-refractivity contribution in [3.8, 4) is 0 Å². The highest BCUT2D eigenvalue weighted by atomic mass is 31.2. The van der Waals surface area contributed by atoms with Crippen LogP contribution in [0.2, 0.25) is 0 Å². The zero-order chi connectivity index (χ0) is 36.1. The topological polar surface area (TPSA) is 261 Å². The van der Waals surface area contributed by atoms with Crippen LogP contribution in [0.1, 0.15) is 83.1 Å². The lowest BCUT2D eigenvalue weighted by molar-refractivity contribution is -0.150. The summed E-state index contributed by atoms with van der Waals surface area (Å²) in [5.74, 6) is -0.676. The Bertz CT molecular complexity index is 720. The first-order valence-electron chi connectivity index (χ1n) is 11.8. The molecule has 256 valence electrons. The lowest BCUT2D eigenvalue weighted by Gasteiger charge is -2.13. The fourth-order valence-corrected chi connectivity index (χ4v) is 1.22. The van der Waals surface area contributed by atoms with Gasteiger partial charge in [0.1, 0.15) is 0 Å². The van der Waals surface area contributed by atoms with Gasteiger partial charge in [-0.3, -0.25) is 19.2 Å². The smallest absolute Gasteiger partial charge is 0.466 e. The van der Waals surface area contributed by atoms with Gasteiger partial charge in [0.15, 0.2) is 0 Å². The molecule has 0 saturated carbocycles. The second-order valence-corrected chi connectivity index (χ2v) is 14.0. The van der Waals surface area contributed by atoms with Crippen LogP contribution in [-0.2, 0) is 47.3 Å². The molecule has 0 atom stereocenters. The zero-order valence-corrected chi connectivity index (χ0v) is 29.4. The van der Waals surface area contributed by atoms with E-state index in [0.717, 1.165) is 0 Å². The van der Waals surface area contributed by atoms with E-state index in [9.17, 15) is 19.2 Å². The average molecular weight is 661 g/mol. The summed E-state index contributed by atoms with van der Waals surface area (Å²) in [4.78, 5) is 85.6. The van der Waals surface area contributed by atoms with E-state index < -0.39 is 15.6 Å². The third kappa shape index (κ3) is 57.9. The number of carbonyl (C=O) groups excluding carboxylic acids is 4. The quantitative estimate of drug-likeness (QED) is 0.124. The van der Waals surface area contributed by atoms with Gasteiger partial charge in [-0.15, -0.1) is 0 Å². The highest BCUT2D eigenvalue weighted by Crippen LogP contribution is 2.26. The summed E-state index contributed by atoms with van der Waals surface area (Å²) < 4.78 is 35.7. The van der Waals surface area contributed by atoms with Gasteiger partial charge in [0, 0.05) is 0 Å². The summed E-state index contributed by atoms with van der Waals surface area (Å²) in [5, 5.41) is 0. The van der Waals surface area contributed by atoms with Crippen molar-refractivity contribution in [3.05, 3.63) is 0 Å². The average Bonchev–Trinajstić information content (AvgIpc) is 2.73. The van der Waals surface area contributed by atoms with Crippen LogP contribution in [0.3, 0.4) is 0 Å². The molecule has 6 N–H and O–H groups in total. The first-order valence-corrected chi connectivity index (χ1v) is 15.0. The summed E-state index contributed by atoms with van der Waals surface area (Å²) >= 11 is 0. The Balaban J connectivity index is -0.0000000936. The van der Waals surface area contributed by atoms with Crippen molar-refractivity contribution in [2.45, 2.75) is 83.1 Å². The van der Waals surface area contributed by atoms with Crippen LogP contribution in [0.15, 0.2) is 0 Å². The molecule has 0 aromatic heterocycles. The zero-order valence-electron chi connectivity index (χ0n) is 27.7. The fraction of sp³-hybridized carbons (Fsp3) is 0.833. The highest BCUT2D eigenvalue weighted by Gasteiger charge is 2.23. The van der Waals surface area contributed by atoms with E-state index in [2.05, 4.69) is 18.9 Å². The molecule has 0 unspecified atom stereocenters. The van der Waals surface area contributed by atoms with Crippen molar-refractivity contribution < 1.29 is 76.6 Å². The lowest BCUT2D eigenvalue weighted by Crippen LogP contribution is -2.21. The lowest BCUT2D eigenvalue weighted by atomic mass is 9.98. The predicted octanol–water partition coefficient (Wildman–Crippen LogP) is 2.96. The van der Waals surface area contributed by atoms with Gasteiger partial charge >= 0.3 is 39.5 Å². The van der Waals surface area contributed by atoms with E-state index in [4.69, 9.17) is 38.5 Å². The SMILES string of the molecule is COC(=O)C(C)(C)C.COC(=O)C(C)(C)C.COC(=O)C(C)(C)C.COC(=O)C(C)(C)C.O=P(O)(O)O.O=P(O)(O)O. The molecule has 0 aliphatic heterocycles. The van der Waals surface area contributed by atoms with Gasteiger partial charge in [0.05, 0.1) is 50.1 Å². The van der Waals surface area contributed by atoms with Crippen molar-refractivity contribution in [2.24, 2.45) is 21.7 Å². The van der Waals surface area contributed by atoms with E-state index >= 15 is 0 Å². The largest absolute Gasteiger partial charge is 0.469 e. The molecule has 0 rings (SSSR count). The van der Waals surface area contributed by atoms with Crippen molar-refractivity contribution in [1.82, 2.24) is 0 Å². The van der Waals surface area contributed by atoms with E-state index in [-0.39, 0.29) is 45.5 Å². The van der Waals surface area contributed by atoms with Crippen molar-refractivity contribution in [2.75, 3.05) is 28.4 Å². The molecule has 0 heterocycles. The maximum absolute atomic E-state index is 10.6. The van der Waals surface area contributed by atoms with E-state index in [1.165, 1.54) is 28.4 Å². The van der Waals surface area contributed by atoms with Gasteiger partial charge in [-0.2, -0.15) is 0 Å². The number of phosphoric acid groups is 2. The first kappa shape index (κ1) is 52.7. The Labute approximate surface area is 249 Å². The van der Waals surface area contributed by atoms with Gasteiger partial charge in [0.2, 0.25) is 0 Å². The third-order valence-electron chi connectivity index (χ3n) is 3.19. The van der Waals surface area contributed by atoms with E-state index in [1.807, 2.05) is 83.1 Å². The number of ether oxygens (including phenoxy) is 4. The molecule has 0 fully saturated rings. The van der Waals surface area contributed by atoms with Crippen molar-refractivity contribution in [1.29, 1.82) is 0 Å². The molecular weight excluding hydrogens is 606 g/mol. The molecule has 16 nitrogen and oxygen atoms in total. The van der Waals surface area contributed by atoms with Crippen LogP contribution in [0, 0.1) is 21.7 Å².